The Morgan fingerprint density at radius 2 is 1.60 bits per heavy atom. The van der Waals surface area contributed by atoms with Gasteiger partial charge in [0.05, 0.1) is 31.5 Å². The van der Waals surface area contributed by atoms with E-state index in [4.69, 9.17) is 18.9 Å². The van der Waals surface area contributed by atoms with Crippen LogP contribution in [0.3, 0.4) is 0 Å². The van der Waals surface area contributed by atoms with Gasteiger partial charge in [0.15, 0.2) is 17.6 Å². The molecule has 4 saturated carbocycles. The lowest BCUT2D eigenvalue weighted by Crippen LogP contribution is -2.85. The van der Waals surface area contributed by atoms with Gasteiger partial charge in [-0.2, -0.15) is 0 Å². The van der Waals surface area contributed by atoms with Gasteiger partial charge in [0.25, 0.3) is 0 Å². The Hall–Kier alpha value is -2.03. The number of esters is 1. The van der Waals surface area contributed by atoms with Crippen molar-refractivity contribution in [3.8, 4) is 11.5 Å². The topological polar surface area (TPSA) is 179 Å². The van der Waals surface area contributed by atoms with Crippen LogP contribution in [0.15, 0.2) is 18.2 Å². The van der Waals surface area contributed by atoms with E-state index in [2.05, 4.69) is 11.8 Å². The number of aliphatic hydroxyl groups excluding tert-OH is 1. The van der Waals surface area contributed by atoms with Crippen LogP contribution in [-0.2, 0) is 9.47 Å². The molecule has 6 N–H and O–H groups in total. The number of fused-ring (bicyclic) bond motifs is 5. The number of ether oxygens (including phenoxy) is 4. The Labute approximate surface area is 280 Å². The van der Waals surface area contributed by atoms with Crippen LogP contribution in [0.25, 0.3) is 0 Å². The Morgan fingerprint density at radius 1 is 0.896 bits per heavy atom. The first-order valence-corrected chi connectivity index (χ1v) is 17.6. The number of piperidine rings is 2. The predicted molar refractivity (Wildman–Crippen MR) is 169 cm³/mol. The second kappa shape index (κ2) is 10.1. The van der Waals surface area contributed by atoms with Crippen molar-refractivity contribution in [1.29, 1.82) is 0 Å². The van der Waals surface area contributed by atoms with Gasteiger partial charge in [-0.05, 0) is 69.6 Å². The van der Waals surface area contributed by atoms with Crippen molar-refractivity contribution < 1.29 is 54.4 Å². The van der Waals surface area contributed by atoms with Gasteiger partial charge in [0.1, 0.15) is 22.4 Å². The van der Waals surface area contributed by atoms with E-state index in [1.165, 1.54) is 20.3 Å². The highest BCUT2D eigenvalue weighted by Gasteiger charge is 2.88. The Bertz CT molecular complexity index is 1520. The van der Waals surface area contributed by atoms with Crippen molar-refractivity contribution in [2.45, 2.75) is 124 Å². The van der Waals surface area contributed by atoms with E-state index < -0.39 is 81.2 Å². The maximum absolute atomic E-state index is 13.5. The van der Waals surface area contributed by atoms with E-state index in [1.807, 2.05) is 6.92 Å². The van der Waals surface area contributed by atoms with Gasteiger partial charge in [0.2, 0.25) is 5.79 Å². The summed E-state index contributed by atoms with van der Waals surface area (Å²) in [6, 6.07) is 4.28. The predicted octanol–water partition coefficient (Wildman–Crippen LogP) is 1.36. The minimum Gasteiger partial charge on any atom is -0.493 e. The minimum absolute atomic E-state index is 0.101. The summed E-state index contributed by atoms with van der Waals surface area (Å²) in [7, 11) is 2.97. The summed E-state index contributed by atoms with van der Waals surface area (Å²) < 4.78 is 23.5. The molecule has 48 heavy (non-hydrogen) atoms. The van der Waals surface area contributed by atoms with Gasteiger partial charge in [-0.25, -0.2) is 4.79 Å². The number of nitrogens with zero attached hydrogens (tertiary/aromatic N) is 1. The van der Waals surface area contributed by atoms with Crippen LogP contribution in [0.4, 0.5) is 0 Å². The monoisotopic (exact) mass is 673 g/mol. The number of methoxy groups -OCH3 is 2. The third kappa shape index (κ3) is 3.66. The fraction of sp³-hybridized carbons (Fsp3) is 0.806. The van der Waals surface area contributed by atoms with Crippen LogP contribution in [0.1, 0.15) is 82.5 Å². The summed E-state index contributed by atoms with van der Waals surface area (Å²) in [5.74, 6) is -3.63. The molecule has 0 radical (unpaired) electrons. The molecule has 7 fully saturated rings. The Morgan fingerprint density at radius 3 is 2.31 bits per heavy atom. The normalized spacial score (nSPS) is 53.6. The van der Waals surface area contributed by atoms with Crippen molar-refractivity contribution in [3.05, 3.63) is 23.8 Å². The molecule has 8 rings (SSSR count). The number of aliphatic hydroxyl groups is 6. The van der Waals surface area contributed by atoms with Gasteiger partial charge in [0, 0.05) is 55.1 Å². The van der Waals surface area contributed by atoms with Crippen LogP contribution in [0.5, 0.6) is 11.5 Å². The van der Waals surface area contributed by atoms with Crippen LogP contribution in [0.2, 0.25) is 0 Å². The zero-order chi connectivity index (χ0) is 34.4. The molecule has 1 aromatic rings. The summed E-state index contributed by atoms with van der Waals surface area (Å²) in [5, 5.41) is 74.7. The number of benzene rings is 1. The van der Waals surface area contributed by atoms with Crippen LogP contribution in [0, 0.1) is 29.1 Å². The van der Waals surface area contributed by atoms with E-state index in [0.717, 1.165) is 6.42 Å². The molecule has 1 aromatic carbocycles. The molecule has 7 aliphatic rings. The third-order valence-electron chi connectivity index (χ3n) is 14.9. The SMILES string of the molecule is COc1ccc(C(=O)O[C@H]2CC[C@@]3(C)[C@@H]4CC[C@H]5C6(O)C[C@H](O)C7(O)[C@@H](CN8C[C@@H](C)CC[C@H]8[C@@]7(C)O)C6(O)CC53O[C@@]24O)cc1OC. The molecule has 14 atom stereocenters. The summed E-state index contributed by atoms with van der Waals surface area (Å²) in [4.78, 5) is 15.6. The Kier molecular flexibility index (Phi) is 6.94. The van der Waals surface area contributed by atoms with Crippen molar-refractivity contribution in [2.24, 2.45) is 29.1 Å². The fourth-order valence-electron chi connectivity index (χ4n) is 12.6. The summed E-state index contributed by atoms with van der Waals surface area (Å²) in [5.41, 5.74) is -9.44. The summed E-state index contributed by atoms with van der Waals surface area (Å²) >= 11 is 0. The molecule has 4 bridgehead atoms. The maximum atomic E-state index is 13.5. The number of hydrogen-bond acceptors (Lipinski definition) is 12. The molecule has 0 amide bonds. The zero-order valence-corrected chi connectivity index (χ0v) is 28.5. The first-order chi connectivity index (χ1) is 22.5. The molecule has 4 unspecified atom stereocenters. The van der Waals surface area contributed by atoms with Crippen molar-refractivity contribution >= 4 is 5.97 Å². The largest absolute Gasteiger partial charge is 0.493 e. The Balaban J connectivity index is 1.16. The van der Waals surface area contributed by atoms with Gasteiger partial charge in [-0.15, -0.1) is 0 Å². The van der Waals surface area contributed by atoms with Gasteiger partial charge < -0.3 is 49.6 Å². The maximum Gasteiger partial charge on any atom is 0.338 e. The van der Waals surface area contributed by atoms with E-state index in [9.17, 15) is 35.4 Å². The van der Waals surface area contributed by atoms with Gasteiger partial charge in [-0.3, -0.25) is 4.90 Å². The zero-order valence-electron chi connectivity index (χ0n) is 28.5. The lowest BCUT2D eigenvalue weighted by molar-refractivity contribution is -0.354. The first-order valence-electron chi connectivity index (χ1n) is 17.6. The highest BCUT2D eigenvalue weighted by molar-refractivity contribution is 5.90. The molecule has 4 aliphatic carbocycles. The fourth-order valence-corrected chi connectivity index (χ4v) is 12.6. The van der Waals surface area contributed by atoms with E-state index in [0.29, 0.717) is 56.1 Å². The highest BCUT2D eigenvalue weighted by Crippen LogP contribution is 2.78. The second-order valence-corrected chi connectivity index (χ2v) is 16.8. The molecule has 266 valence electrons. The first kappa shape index (κ1) is 33.1. The molecular formula is C36H51NO11. The number of rotatable bonds is 4. The lowest BCUT2D eigenvalue weighted by Gasteiger charge is -2.68. The van der Waals surface area contributed by atoms with Crippen LogP contribution < -0.4 is 9.47 Å². The lowest BCUT2D eigenvalue weighted by atomic mass is 9.49. The molecule has 12 heteroatoms. The smallest absolute Gasteiger partial charge is 0.338 e. The summed E-state index contributed by atoms with van der Waals surface area (Å²) in [6.45, 7) is 6.57. The molecule has 3 heterocycles. The number of hydrogen-bond donors (Lipinski definition) is 6. The minimum atomic E-state index is -2.10. The van der Waals surface area contributed by atoms with E-state index >= 15 is 0 Å². The van der Waals surface area contributed by atoms with Gasteiger partial charge >= 0.3 is 5.97 Å². The van der Waals surface area contributed by atoms with Crippen molar-refractivity contribution in [3.63, 3.8) is 0 Å². The van der Waals surface area contributed by atoms with Gasteiger partial charge in [-0.1, -0.05) is 13.8 Å². The molecule has 0 aromatic heterocycles. The van der Waals surface area contributed by atoms with Crippen LogP contribution >= 0.6 is 0 Å². The number of carbonyl (C=O) groups is 1. The summed E-state index contributed by atoms with van der Waals surface area (Å²) in [6.07, 6.45) is 0.172. The molecule has 1 spiro atoms. The van der Waals surface area contributed by atoms with E-state index in [-0.39, 0.29) is 24.9 Å². The van der Waals surface area contributed by atoms with Crippen LogP contribution in [-0.4, -0.2) is 121 Å². The second-order valence-electron chi connectivity index (χ2n) is 16.8. The van der Waals surface area contributed by atoms with Crippen molar-refractivity contribution in [2.75, 3.05) is 27.3 Å². The molecule has 3 aliphatic heterocycles. The average molecular weight is 674 g/mol. The average Bonchev–Trinajstić information content (AvgIpc) is 3.21. The molecule has 3 saturated heterocycles. The van der Waals surface area contributed by atoms with Crippen molar-refractivity contribution in [1.82, 2.24) is 4.90 Å². The third-order valence-corrected chi connectivity index (χ3v) is 14.9. The quantitative estimate of drug-likeness (QED) is 0.253. The number of carbonyl (C=O) groups excluding carboxylic acids is 1. The molecule has 12 nitrogen and oxygen atoms in total. The standard InChI is InChI=1S/C36H51NO11/c1-19-6-11-26-31(3,40)35(43)25(17-37(26)16-19)33(42)18-34-24(32(33,41)15-27(35)38)10-9-23-30(34,2)13-12-28(36(23,44)48-34)47-29(39)20-7-8-21(45-4)22(14-20)46-5/h7-8,14,19,23-28,38,40-44H,6,9-13,15-18H2,1-5H3/t19-,23-,24-,25-,26-,27-,28-,30-,31+,32?,33?,34?,35?,36+/m0/s1. The molecular weight excluding hydrogens is 622 g/mol. The van der Waals surface area contributed by atoms with E-state index in [1.54, 1.807) is 19.1 Å². The highest BCUT2D eigenvalue weighted by atomic mass is 16.7.